The highest BCUT2D eigenvalue weighted by Gasteiger charge is 2.08. The summed E-state index contributed by atoms with van der Waals surface area (Å²) in [5.74, 6) is 0.599. The molecule has 0 amide bonds. The predicted octanol–water partition coefficient (Wildman–Crippen LogP) is 3.78. The third kappa shape index (κ3) is 2.79. The molecule has 1 aromatic carbocycles. The molecule has 1 aromatic heterocycles. The number of rotatable bonds is 3. The van der Waals surface area contributed by atoms with Crippen LogP contribution in [0.5, 0.6) is 0 Å². The van der Waals surface area contributed by atoms with Gasteiger partial charge in [0.2, 0.25) is 0 Å². The van der Waals surface area contributed by atoms with Gasteiger partial charge in [0.15, 0.2) is 0 Å². The summed E-state index contributed by atoms with van der Waals surface area (Å²) in [6.07, 6.45) is 1.66. The number of anilines is 1. The topological polar surface area (TPSA) is 48.7 Å². The van der Waals surface area contributed by atoms with E-state index in [1.807, 2.05) is 31.2 Å². The Bertz CT molecular complexity index is 572. The Morgan fingerprint density at radius 3 is 2.67 bits per heavy atom. The van der Waals surface area contributed by atoms with Gasteiger partial charge in [-0.05, 0) is 36.8 Å². The van der Waals surface area contributed by atoms with Gasteiger partial charge in [-0.2, -0.15) is 5.26 Å². The molecule has 0 radical (unpaired) electrons. The van der Waals surface area contributed by atoms with Gasteiger partial charge in [0.25, 0.3) is 0 Å². The van der Waals surface area contributed by atoms with Gasteiger partial charge in [0.1, 0.15) is 11.9 Å². The first-order chi connectivity index (χ1) is 8.70. The Hall–Kier alpha value is -2.05. The van der Waals surface area contributed by atoms with Gasteiger partial charge >= 0.3 is 0 Å². The molecule has 0 fully saturated rings. The number of hydrogen-bond acceptors (Lipinski definition) is 3. The molecule has 1 unspecified atom stereocenters. The van der Waals surface area contributed by atoms with Crippen molar-refractivity contribution in [2.45, 2.75) is 13.0 Å². The largest absolute Gasteiger partial charge is 0.362 e. The lowest BCUT2D eigenvalue weighted by molar-refractivity contribution is 0.873. The van der Waals surface area contributed by atoms with Crippen LogP contribution in [0.4, 0.5) is 5.82 Å². The minimum absolute atomic E-state index is 0.0595. The van der Waals surface area contributed by atoms with E-state index in [1.54, 1.807) is 18.3 Å². The van der Waals surface area contributed by atoms with Crippen molar-refractivity contribution in [2.24, 2.45) is 0 Å². The van der Waals surface area contributed by atoms with Crippen LogP contribution in [-0.4, -0.2) is 4.98 Å². The number of benzene rings is 1. The molecule has 0 spiro atoms. The molecule has 4 heteroatoms. The van der Waals surface area contributed by atoms with E-state index in [0.717, 1.165) is 5.56 Å². The normalized spacial score (nSPS) is 11.6. The van der Waals surface area contributed by atoms with E-state index in [0.29, 0.717) is 16.4 Å². The van der Waals surface area contributed by atoms with Crippen LogP contribution in [0.2, 0.25) is 5.02 Å². The van der Waals surface area contributed by atoms with E-state index in [-0.39, 0.29) is 6.04 Å². The third-order valence-corrected chi connectivity index (χ3v) is 2.90. The molecule has 0 saturated carbocycles. The Balaban J connectivity index is 2.19. The molecule has 18 heavy (non-hydrogen) atoms. The van der Waals surface area contributed by atoms with Crippen LogP contribution >= 0.6 is 11.6 Å². The molecule has 0 aliphatic rings. The summed E-state index contributed by atoms with van der Waals surface area (Å²) in [6.45, 7) is 2.01. The van der Waals surface area contributed by atoms with E-state index >= 15 is 0 Å². The van der Waals surface area contributed by atoms with Gasteiger partial charge in [0.05, 0.1) is 5.56 Å². The maximum Gasteiger partial charge on any atom is 0.144 e. The zero-order valence-corrected chi connectivity index (χ0v) is 10.6. The molecule has 0 aliphatic carbocycles. The van der Waals surface area contributed by atoms with E-state index < -0.39 is 0 Å². The Morgan fingerprint density at radius 2 is 2.00 bits per heavy atom. The lowest BCUT2D eigenvalue weighted by atomic mass is 10.1. The average Bonchev–Trinajstić information content (AvgIpc) is 2.40. The molecular formula is C14H12ClN3. The Morgan fingerprint density at radius 1 is 1.28 bits per heavy atom. The summed E-state index contributed by atoms with van der Waals surface area (Å²) in [4.78, 5) is 4.17. The van der Waals surface area contributed by atoms with Crippen molar-refractivity contribution < 1.29 is 0 Å². The number of pyridine rings is 1. The van der Waals surface area contributed by atoms with Crippen molar-refractivity contribution >= 4 is 17.4 Å². The summed E-state index contributed by atoms with van der Waals surface area (Å²) in [5.41, 5.74) is 1.63. The maximum absolute atomic E-state index is 8.99. The molecular weight excluding hydrogens is 246 g/mol. The standard InChI is InChI=1S/C14H12ClN3/c1-10(11-4-6-13(15)7-5-11)18-14-12(9-16)3-2-8-17-14/h2-8,10H,1H3,(H,17,18). The molecule has 2 aromatic rings. The molecule has 1 atom stereocenters. The van der Waals surface area contributed by atoms with Crippen molar-refractivity contribution in [3.63, 3.8) is 0 Å². The van der Waals surface area contributed by atoms with Crippen molar-refractivity contribution in [2.75, 3.05) is 5.32 Å². The van der Waals surface area contributed by atoms with Gasteiger partial charge in [0, 0.05) is 17.3 Å². The van der Waals surface area contributed by atoms with E-state index in [2.05, 4.69) is 16.4 Å². The predicted molar refractivity (Wildman–Crippen MR) is 72.4 cm³/mol. The summed E-state index contributed by atoms with van der Waals surface area (Å²) >= 11 is 5.85. The van der Waals surface area contributed by atoms with Crippen molar-refractivity contribution in [1.82, 2.24) is 4.98 Å². The van der Waals surface area contributed by atoms with Crippen LogP contribution in [0.3, 0.4) is 0 Å². The fourth-order valence-corrected chi connectivity index (χ4v) is 1.78. The van der Waals surface area contributed by atoms with Gasteiger partial charge in [-0.15, -0.1) is 0 Å². The number of aromatic nitrogens is 1. The number of halogens is 1. The highest BCUT2D eigenvalue weighted by atomic mass is 35.5. The molecule has 2 rings (SSSR count). The quantitative estimate of drug-likeness (QED) is 0.910. The van der Waals surface area contributed by atoms with Crippen LogP contribution in [0, 0.1) is 11.3 Å². The maximum atomic E-state index is 8.99. The number of nitrogens with zero attached hydrogens (tertiary/aromatic N) is 2. The van der Waals surface area contributed by atoms with Crippen molar-refractivity contribution in [3.8, 4) is 6.07 Å². The first kappa shape index (κ1) is 12.4. The van der Waals surface area contributed by atoms with Crippen LogP contribution in [0.15, 0.2) is 42.6 Å². The lowest BCUT2D eigenvalue weighted by Gasteiger charge is -2.15. The summed E-state index contributed by atoms with van der Waals surface area (Å²) in [6, 6.07) is 13.3. The summed E-state index contributed by atoms with van der Waals surface area (Å²) in [5, 5.41) is 12.9. The van der Waals surface area contributed by atoms with Gasteiger partial charge < -0.3 is 5.32 Å². The smallest absolute Gasteiger partial charge is 0.144 e. The molecule has 90 valence electrons. The van der Waals surface area contributed by atoms with Gasteiger partial charge in [-0.25, -0.2) is 4.98 Å². The third-order valence-electron chi connectivity index (χ3n) is 2.65. The van der Waals surface area contributed by atoms with Gasteiger partial charge in [-0.1, -0.05) is 23.7 Å². The molecule has 0 aliphatic heterocycles. The zero-order valence-electron chi connectivity index (χ0n) is 9.89. The van der Waals surface area contributed by atoms with Crippen molar-refractivity contribution in [1.29, 1.82) is 5.26 Å². The van der Waals surface area contributed by atoms with E-state index in [9.17, 15) is 0 Å². The number of hydrogen-bond donors (Lipinski definition) is 1. The Kier molecular flexibility index (Phi) is 3.81. The highest BCUT2D eigenvalue weighted by molar-refractivity contribution is 6.30. The second kappa shape index (κ2) is 5.52. The van der Waals surface area contributed by atoms with Gasteiger partial charge in [-0.3, -0.25) is 0 Å². The van der Waals surface area contributed by atoms with E-state index in [4.69, 9.17) is 16.9 Å². The first-order valence-electron chi connectivity index (χ1n) is 5.58. The van der Waals surface area contributed by atoms with E-state index in [1.165, 1.54) is 0 Å². The number of nitriles is 1. The molecule has 0 bridgehead atoms. The monoisotopic (exact) mass is 257 g/mol. The van der Waals surface area contributed by atoms with Crippen molar-refractivity contribution in [3.05, 3.63) is 58.7 Å². The molecule has 0 saturated heterocycles. The van der Waals surface area contributed by atoms with Crippen LogP contribution in [-0.2, 0) is 0 Å². The fraction of sp³-hybridized carbons (Fsp3) is 0.143. The minimum Gasteiger partial charge on any atom is -0.362 e. The Labute approximate surface area is 111 Å². The van der Waals surface area contributed by atoms with Crippen LogP contribution in [0.1, 0.15) is 24.1 Å². The average molecular weight is 258 g/mol. The van der Waals surface area contributed by atoms with Crippen LogP contribution < -0.4 is 5.32 Å². The minimum atomic E-state index is 0.0595. The molecule has 3 nitrogen and oxygen atoms in total. The highest BCUT2D eigenvalue weighted by Crippen LogP contribution is 2.21. The van der Waals surface area contributed by atoms with Crippen LogP contribution in [0.25, 0.3) is 0 Å². The summed E-state index contributed by atoms with van der Waals surface area (Å²) < 4.78 is 0. The molecule has 1 heterocycles. The molecule has 1 N–H and O–H groups in total. The number of nitrogens with one attached hydrogen (secondary N) is 1. The second-order valence-corrected chi connectivity index (χ2v) is 4.37. The SMILES string of the molecule is CC(Nc1ncccc1C#N)c1ccc(Cl)cc1. The lowest BCUT2D eigenvalue weighted by Crippen LogP contribution is -2.09. The first-order valence-corrected chi connectivity index (χ1v) is 5.95. The zero-order chi connectivity index (χ0) is 13.0. The summed E-state index contributed by atoms with van der Waals surface area (Å²) in [7, 11) is 0. The second-order valence-electron chi connectivity index (χ2n) is 3.93. The fourth-order valence-electron chi connectivity index (χ4n) is 1.65.